The van der Waals surface area contributed by atoms with Gasteiger partial charge in [-0.1, -0.05) is 6.07 Å². The molecule has 1 N–H and O–H groups in total. The molecule has 1 aromatic carbocycles. The highest BCUT2D eigenvalue weighted by atomic mass is 16.7. The van der Waals surface area contributed by atoms with Crippen LogP contribution in [0.15, 0.2) is 18.2 Å². The third-order valence-electron chi connectivity index (χ3n) is 3.64. The zero-order valence-corrected chi connectivity index (χ0v) is 10.8. The lowest BCUT2D eigenvalue weighted by atomic mass is 10.2. The Bertz CT molecular complexity index is 422. The Morgan fingerprint density at radius 2 is 2.17 bits per heavy atom. The Labute approximate surface area is 108 Å². The fourth-order valence-corrected chi connectivity index (χ4v) is 2.51. The van der Waals surface area contributed by atoms with Gasteiger partial charge < -0.3 is 14.8 Å². The van der Waals surface area contributed by atoms with Gasteiger partial charge in [0.25, 0.3) is 0 Å². The molecular formula is C14H20N2O2. The maximum Gasteiger partial charge on any atom is 0.231 e. The summed E-state index contributed by atoms with van der Waals surface area (Å²) in [6.07, 6.45) is 1.21. The summed E-state index contributed by atoms with van der Waals surface area (Å²) < 4.78 is 10.7. The fourth-order valence-electron chi connectivity index (χ4n) is 2.51. The minimum absolute atomic E-state index is 0.351. The van der Waals surface area contributed by atoms with E-state index < -0.39 is 0 Å². The Morgan fingerprint density at radius 1 is 1.28 bits per heavy atom. The van der Waals surface area contributed by atoms with Crippen LogP contribution in [0.4, 0.5) is 0 Å². The average Bonchev–Trinajstić information content (AvgIpc) is 2.74. The Kier molecular flexibility index (Phi) is 3.39. The molecule has 2 aliphatic heterocycles. The van der Waals surface area contributed by atoms with Crippen LogP contribution in [0.25, 0.3) is 0 Å². The highest BCUT2D eigenvalue weighted by Crippen LogP contribution is 2.32. The van der Waals surface area contributed by atoms with Crippen LogP contribution in [-0.4, -0.2) is 37.4 Å². The van der Waals surface area contributed by atoms with Crippen molar-refractivity contribution in [2.24, 2.45) is 0 Å². The molecule has 0 bridgehead atoms. The molecule has 1 saturated heterocycles. The van der Waals surface area contributed by atoms with Crippen LogP contribution in [0.3, 0.4) is 0 Å². The summed E-state index contributed by atoms with van der Waals surface area (Å²) >= 11 is 0. The largest absolute Gasteiger partial charge is 0.454 e. The van der Waals surface area contributed by atoms with Gasteiger partial charge in [-0.05, 0) is 31.0 Å². The summed E-state index contributed by atoms with van der Waals surface area (Å²) in [6.45, 7) is 6.94. The first-order valence-corrected chi connectivity index (χ1v) is 6.65. The van der Waals surface area contributed by atoms with Crippen LogP contribution in [0, 0.1) is 0 Å². The second kappa shape index (κ2) is 5.16. The first kappa shape index (κ1) is 11.8. The Balaban J connectivity index is 1.65. The van der Waals surface area contributed by atoms with Crippen molar-refractivity contribution < 1.29 is 9.47 Å². The third-order valence-corrected chi connectivity index (χ3v) is 3.64. The standard InChI is InChI=1S/C14H20N2O2/c1-11-4-6-16(7-5-15-11)9-12-2-3-13-14(8-12)18-10-17-13/h2-3,8,11,15H,4-7,9-10H2,1H3. The fraction of sp³-hybridized carbons (Fsp3) is 0.571. The minimum Gasteiger partial charge on any atom is -0.454 e. The van der Waals surface area contributed by atoms with E-state index in [-0.39, 0.29) is 0 Å². The van der Waals surface area contributed by atoms with Gasteiger partial charge in [-0.25, -0.2) is 0 Å². The Hall–Kier alpha value is -1.26. The zero-order valence-electron chi connectivity index (χ0n) is 10.8. The smallest absolute Gasteiger partial charge is 0.231 e. The molecule has 1 aromatic rings. The van der Waals surface area contributed by atoms with Crippen molar-refractivity contribution in [1.29, 1.82) is 0 Å². The monoisotopic (exact) mass is 248 g/mol. The van der Waals surface area contributed by atoms with Crippen LogP contribution in [0.1, 0.15) is 18.9 Å². The van der Waals surface area contributed by atoms with Crippen molar-refractivity contribution >= 4 is 0 Å². The van der Waals surface area contributed by atoms with E-state index in [4.69, 9.17) is 9.47 Å². The van der Waals surface area contributed by atoms with Crippen LogP contribution >= 0.6 is 0 Å². The highest BCUT2D eigenvalue weighted by Gasteiger charge is 2.16. The summed E-state index contributed by atoms with van der Waals surface area (Å²) in [5, 5.41) is 3.52. The van der Waals surface area contributed by atoms with Crippen molar-refractivity contribution in [1.82, 2.24) is 10.2 Å². The molecule has 0 aromatic heterocycles. The number of hydrogen-bond donors (Lipinski definition) is 1. The van der Waals surface area contributed by atoms with Gasteiger partial charge in [-0.15, -0.1) is 0 Å². The number of nitrogens with zero attached hydrogens (tertiary/aromatic N) is 1. The quantitative estimate of drug-likeness (QED) is 0.862. The van der Waals surface area contributed by atoms with Crippen LogP contribution < -0.4 is 14.8 Å². The zero-order chi connectivity index (χ0) is 12.4. The van der Waals surface area contributed by atoms with Crippen molar-refractivity contribution in [3.05, 3.63) is 23.8 Å². The summed E-state index contributed by atoms with van der Waals surface area (Å²) in [7, 11) is 0. The number of ether oxygens (including phenoxy) is 2. The molecular weight excluding hydrogens is 228 g/mol. The van der Waals surface area contributed by atoms with Gasteiger partial charge in [-0.2, -0.15) is 0 Å². The van der Waals surface area contributed by atoms with Crippen LogP contribution in [-0.2, 0) is 6.54 Å². The molecule has 2 aliphatic rings. The summed E-state index contributed by atoms with van der Waals surface area (Å²) in [6, 6.07) is 6.88. The van der Waals surface area contributed by atoms with Crippen LogP contribution in [0.2, 0.25) is 0 Å². The molecule has 2 heterocycles. The molecule has 4 heteroatoms. The molecule has 0 saturated carbocycles. The van der Waals surface area contributed by atoms with Gasteiger partial charge in [0.15, 0.2) is 11.5 Å². The minimum atomic E-state index is 0.351. The molecule has 0 aliphatic carbocycles. The molecule has 0 spiro atoms. The first-order chi connectivity index (χ1) is 8.81. The van der Waals surface area contributed by atoms with Crippen molar-refractivity contribution in [2.75, 3.05) is 26.4 Å². The molecule has 18 heavy (non-hydrogen) atoms. The SMILES string of the molecule is CC1CCN(Cc2ccc3c(c2)OCO3)CCN1. The number of nitrogens with one attached hydrogen (secondary N) is 1. The molecule has 0 radical (unpaired) electrons. The van der Waals surface area contributed by atoms with Crippen molar-refractivity contribution in [3.63, 3.8) is 0 Å². The lowest BCUT2D eigenvalue weighted by Crippen LogP contribution is -2.28. The predicted molar refractivity (Wildman–Crippen MR) is 69.9 cm³/mol. The van der Waals surface area contributed by atoms with Crippen molar-refractivity contribution in [3.8, 4) is 11.5 Å². The van der Waals surface area contributed by atoms with E-state index in [9.17, 15) is 0 Å². The van der Waals surface area contributed by atoms with E-state index in [1.165, 1.54) is 12.0 Å². The first-order valence-electron chi connectivity index (χ1n) is 6.65. The average molecular weight is 248 g/mol. The highest BCUT2D eigenvalue weighted by molar-refractivity contribution is 5.44. The van der Waals surface area contributed by atoms with E-state index >= 15 is 0 Å². The topological polar surface area (TPSA) is 33.7 Å². The predicted octanol–water partition coefficient (Wildman–Crippen LogP) is 1.60. The number of benzene rings is 1. The lowest BCUT2D eigenvalue weighted by molar-refractivity contribution is 0.174. The van der Waals surface area contributed by atoms with Gasteiger partial charge in [0, 0.05) is 32.2 Å². The van der Waals surface area contributed by atoms with Gasteiger partial charge in [0.2, 0.25) is 6.79 Å². The summed E-state index contributed by atoms with van der Waals surface area (Å²) in [4.78, 5) is 2.49. The maximum atomic E-state index is 5.42. The second-order valence-electron chi connectivity index (χ2n) is 5.11. The molecule has 4 nitrogen and oxygen atoms in total. The molecule has 3 rings (SSSR count). The molecule has 0 amide bonds. The van der Waals surface area contributed by atoms with E-state index in [0.29, 0.717) is 12.8 Å². The van der Waals surface area contributed by atoms with E-state index in [0.717, 1.165) is 37.7 Å². The normalized spacial score (nSPS) is 23.9. The summed E-state index contributed by atoms with van der Waals surface area (Å²) in [5.41, 5.74) is 1.30. The van der Waals surface area contributed by atoms with Gasteiger partial charge in [0.1, 0.15) is 0 Å². The molecule has 98 valence electrons. The van der Waals surface area contributed by atoms with Crippen LogP contribution in [0.5, 0.6) is 11.5 Å². The van der Waals surface area contributed by atoms with Gasteiger partial charge >= 0.3 is 0 Å². The van der Waals surface area contributed by atoms with Gasteiger partial charge in [0.05, 0.1) is 0 Å². The number of hydrogen-bond acceptors (Lipinski definition) is 4. The number of rotatable bonds is 2. The van der Waals surface area contributed by atoms with E-state index in [1.807, 2.05) is 6.07 Å². The molecule has 1 fully saturated rings. The summed E-state index contributed by atoms with van der Waals surface area (Å²) in [5.74, 6) is 1.75. The van der Waals surface area contributed by atoms with E-state index in [1.54, 1.807) is 0 Å². The lowest BCUT2D eigenvalue weighted by Gasteiger charge is -2.19. The maximum absolute atomic E-state index is 5.42. The number of fused-ring (bicyclic) bond motifs is 1. The molecule has 1 atom stereocenters. The van der Waals surface area contributed by atoms with Crippen molar-refractivity contribution in [2.45, 2.75) is 25.9 Å². The van der Waals surface area contributed by atoms with Gasteiger partial charge in [-0.3, -0.25) is 4.90 Å². The third kappa shape index (κ3) is 2.60. The second-order valence-corrected chi connectivity index (χ2v) is 5.11. The molecule has 1 unspecified atom stereocenters. The Morgan fingerprint density at radius 3 is 3.11 bits per heavy atom. The van der Waals surface area contributed by atoms with E-state index in [2.05, 4.69) is 29.3 Å².